The van der Waals surface area contributed by atoms with Gasteiger partial charge in [0.05, 0.1) is 21.1 Å². The molecular formula is C15H13Cl3IN. The number of halogens is 4. The van der Waals surface area contributed by atoms with Crippen molar-refractivity contribution >= 4 is 57.4 Å². The number of benzene rings is 2. The minimum Gasteiger partial charge on any atom is -0.306 e. The highest BCUT2D eigenvalue weighted by Gasteiger charge is 2.18. The van der Waals surface area contributed by atoms with Crippen molar-refractivity contribution in [2.45, 2.75) is 13.0 Å². The quantitative estimate of drug-likeness (QED) is 0.580. The molecule has 2 rings (SSSR count). The van der Waals surface area contributed by atoms with Crippen LogP contribution in [0, 0.1) is 3.57 Å². The minimum absolute atomic E-state index is 0.0271. The summed E-state index contributed by atoms with van der Waals surface area (Å²) >= 11 is 20.9. The van der Waals surface area contributed by atoms with E-state index in [0.717, 1.165) is 26.3 Å². The van der Waals surface area contributed by atoms with Gasteiger partial charge in [0.25, 0.3) is 0 Å². The summed E-state index contributed by atoms with van der Waals surface area (Å²) in [7, 11) is 0. The highest BCUT2D eigenvalue weighted by Crippen LogP contribution is 2.34. The summed E-state index contributed by atoms with van der Waals surface area (Å²) in [6, 6.07) is 11.7. The minimum atomic E-state index is -0.0271. The van der Waals surface area contributed by atoms with Gasteiger partial charge in [-0.1, -0.05) is 59.9 Å². The van der Waals surface area contributed by atoms with Crippen molar-refractivity contribution < 1.29 is 0 Å². The van der Waals surface area contributed by atoms with Gasteiger partial charge in [-0.2, -0.15) is 0 Å². The topological polar surface area (TPSA) is 12.0 Å². The largest absolute Gasteiger partial charge is 0.306 e. The van der Waals surface area contributed by atoms with Crippen molar-refractivity contribution in [3.8, 4) is 0 Å². The van der Waals surface area contributed by atoms with E-state index in [1.165, 1.54) is 0 Å². The smallest absolute Gasteiger partial charge is 0.0643 e. The predicted octanol–water partition coefficient (Wildman–Crippen LogP) is 5.95. The normalized spacial score (nSPS) is 12.4. The van der Waals surface area contributed by atoms with E-state index in [0.29, 0.717) is 10.0 Å². The van der Waals surface area contributed by atoms with Crippen LogP contribution < -0.4 is 5.32 Å². The highest BCUT2D eigenvalue weighted by atomic mass is 127. The summed E-state index contributed by atoms with van der Waals surface area (Å²) in [5.74, 6) is 0. The van der Waals surface area contributed by atoms with Crippen LogP contribution >= 0.6 is 57.4 Å². The van der Waals surface area contributed by atoms with E-state index in [-0.39, 0.29) is 6.04 Å². The molecule has 2 aromatic carbocycles. The summed E-state index contributed by atoms with van der Waals surface area (Å²) in [6.45, 7) is 2.87. The molecule has 1 nitrogen and oxygen atoms in total. The lowest BCUT2D eigenvalue weighted by molar-refractivity contribution is 0.631. The molecule has 0 bridgehead atoms. The van der Waals surface area contributed by atoms with Crippen molar-refractivity contribution in [2.24, 2.45) is 0 Å². The van der Waals surface area contributed by atoms with E-state index < -0.39 is 0 Å². The van der Waals surface area contributed by atoms with Crippen molar-refractivity contribution in [2.75, 3.05) is 6.54 Å². The maximum atomic E-state index is 6.34. The lowest BCUT2D eigenvalue weighted by Crippen LogP contribution is -2.22. The second-order valence-electron chi connectivity index (χ2n) is 4.31. The van der Waals surface area contributed by atoms with Gasteiger partial charge in [0.1, 0.15) is 0 Å². The van der Waals surface area contributed by atoms with Gasteiger partial charge in [-0.25, -0.2) is 0 Å². The van der Waals surface area contributed by atoms with Crippen LogP contribution in [0.2, 0.25) is 15.1 Å². The third-order valence-corrected chi connectivity index (χ3v) is 5.38. The predicted molar refractivity (Wildman–Crippen MR) is 96.2 cm³/mol. The van der Waals surface area contributed by atoms with Crippen molar-refractivity contribution in [3.63, 3.8) is 0 Å². The fourth-order valence-electron chi connectivity index (χ4n) is 2.05. The zero-order valence-corrected chi connectivity index (χ0v) is 15.2. The molecule has 0 aromatic heterocycles. The molecule has 0 heterocycles. The van der Waals surface area contributed by atoms with E-state index in [2.05, 4.69) is 40.9 Å². The molecule has 0 fully saturated rings. The molecule has 0 radical (unpaired) electrons. The van der Waals surface area contributed by atoms with E-state index in [4.69, 9.17) is 34.8 Å². The summed E-state index contributed by atoms with van der Waals surface area (Å²) in [6.07, 6.45) is 0. The SMILES string of the molecule is CCNC(c1ccc(I)c(Cl)c1)c1cccc(Cl)c1Cl. The van der Waals surface area contributed by atoms with Crippen LogP contribution in [0.1, 0.15) is 24.1 Å². The van der Waals surface area contributed by atoms with Crippen molar-refractivity contribution in [1.29, 1.82) is 0 Å². The lowest BCUT2D eigenvalue weighted by Gasteiger charge is -2.21. The van der Waals surface area contributed by atoms with Gasteiger partial charge in [-0.3, -0.25) is 0 Å². The third-order valence-electron chi connectivity index (χ3n) is 2.98. The van der Waals surface area contributed by atoms with Gasteiger partial charge in [-0.05, 0) is 58.5 Å². The van der Waals surface area contributed by atoms with Crippen LogP contribution in [0.5, 0.6) is 0 Å². The fraction of sp³-hybridized carbons (Fsp3) is 0.200. The molecule has 2 aromatic rings. The standard InChI is InChI=1S/C15H13Cl3IN/c1-2-20-15(9-6-7-13(19)12(17)8-9)10-4-3-5-11(16)14(10)18/h3-8,15,20H,2H2,1H3. The zero-order chi connectivity index (χ0) is 14.7. The third kappa shape index (κ3) is 3.60. The highest BCUT2D eigenvalue weighted by molar-refractivity contribution is 14.1. The molecule has 106 valence electrons. The van der Waals surface area contributed by atoms with E-state index in [1.54, 1.807) is 6.07 Å². The second-order valence-corrected chi connectivity index (χ2v) is 6.66. The first-order chi connectivity index (χ1) is 9.54. The summed E-state index contributed by atoms with van der Waals surface area (Å²) in [4.78, 5) is 0. The number of hydrogen-bond acceptors (Lipinski definition) is 1. The molecule has 0 saturated heterocycles. The first-order valence-electron chi connectivity index (χ1n) is 6.16. The van der Waals surface area contributed by atoms with Crippen LogP contribution in [-0.4, -0.2) is 6.54 Å². The molecule has 0 aliphatic heterocycles. The molecule has 1 N–H and O–H groups in total. The van der Waals surface area contributed by atoms with E-state index in [9.17, 15) is 0 Å². The Kier molecular flexibility index (Phi) is 5.99. The fourth-order valence-corrected chi connectivity index (χ4v) is 2.99. The molecule has 0 amide bonds. The molecule has 5 heteroatoms. The van der Waals surface area contributed by atoms with E-state index >= 15 is 0 Å². The number of nitrogens with one attached hydrogen (secondary N) is 1. The summed E-state index contributed by atoms with van der Waals surface area (Å²) < 4.78 is 1.03. The van der Waals surface area contributed by atoms with Gasteiger partial charge >= 0.3 is 0 Å². The van der Waals surface area contributed by atoms with Gasteiger partial charge in [-0.15, -0.1) is 0 Å². The second kappa shape index (κ2) is 7.32. The molecule has 1 unspecified atom stereocenters. The Morgan fingerprint density at radius 2 is 1.85 bits per heavy atom. The van der Waals surface area contributed by atoms with Gasteiger partial charge in [0, 0.05) is 3.57 Å². The van der Waals surface area contributed by atoms with Gasteiger partial charge in [0.2, 0.25) is 0 Å². The Morgan fingerprint density at radius 3 is 2.50 bits per heavy atom. The van der Waals surface area contributed by atoms with Crippen LogP contribution in [0.4, 0.5) is 0 Å². The van der Waals surface area contributed by atoms with Crippen LogP contribution in [0.25, 0.3) is 0 Å². The average molecular weight is 441 g/mol. The van der Waals surface area contributed by atoms with Crippen LogP contribution in [0.15, 0.2) is 36.4 Å². The molecule has 20 heavy (non-hydrogen) atoms. The number of hydrogen-bond donors (Lipinski definition) is 1. The maximum Gasteiger partial charge on any atom is 0.0643 e. The zero-order valence-electron chi connectivity index (χ0n) is 10.8. The van der Waals surface area contributed by atoms with E-state index in [1.807, 2.05) is 24.3 Å². The summed E-state index contributed by atoms with van der Waals surface area (Å²) in [5, 5.41) is 5.30. The first kappa shape index (κ1) is 16.4. The Bertz CT molecular complexity index is 616. The molecule has 0 aliphatic rings. The van der Waals surface area contributed by atoms with Crippen LogP contribution in [0.3, 0.4) is 0 Å². The van der Waals surface area contributed by atoms with Gasteiger partial charge < -0.3 is 5.32 Å². The molecule has 0 aliphatic carbocycles. The molecule has 0 saturated carbocycles. The van der Waals surface area contributed by atoms with Gasteiger partial charge in [0.15, 0.2) is 0 Å². The maximum absolute atomic E-state index is 6.34. The molecular weight excluding hydrogens is 427 g/mol. The summed E-state index contributed by atoms with van der Waals surface area (Å²) in [5.41, 5.74) is 2.03. The van der Waals surface area contributed by atoms with Crippen LogP contribution in [-0.2, 0) is 0 Å². The Hall–Kier alpha value is -0.000000000000000167. The Morgan fingerprint density at radius 1 is 1.10 bits per heavy atom. The van der Waals surface area contributed by atoms with Crippen molar-refractivity contribution in [1.82, 2.24) is 5.32 Å². The Labute approximate surface area is 147 Å². The molecule has 1 atom stereocenters. The molecule has 0 spiro atoms. The monoisotopic (exact) mass is 439 g/mol. The Balaban J connectivity index is 2.50. The average Bonchev–Trinajstić information content (AvgIpc) is 2.43. The lowest BCUT2D eigenvalue weighted by atomic mass is 9.98. The number of rotatable bonds is 4. The first-order valence-corrected chi connectivity index (χ1v) is 8.38. The van der Waals surface area contributed by atoms with Crippen molar-refractivity contribution in [3.05, 3.63) is 66.2 Å².